The van der Waals surface area contributed by atoms with Gasteiger partial charge in [0.15, 0.2) is 0 Å². The van der Waals surface area contributed by atoms with Crippen LogP contribution in [0.15, 0.2) is 18.2 Å². The van der Waals surface area contributed by atoms with E-state index in [1.807, 2.05) is 0 Å². The summed E-state index contributed by atoms with van der Waals surface area (Å²) in [4.78, 5) is 0. The lowest BCUT2D eigenvalue weighted by Gasteiger charge is -2.37. The Bertz CT molecular complexity index is 616. The zero-order chi connectivity index (χ0) is 21.3. The summed E-state index contributed by atoms with van der Waals surface area (Å²) in [7, 11) is 0. The van der Waals surface area contributed by atoms with Crippen molar-refractivity contribution in [3.63, 3.8) is 0 Å². The van der Waals surface area contributed by atoms with Crippen LogP contribution in [-0.4, -0.2) is 11.6 Å². The second-order valence-corrected chi connectivity index (χ2v) is 11.5. The highest BCUT2D eigenvalue weighted by Crippen LogP contribution is 2.40. The van der Waals surface area contributed by atoms with Gasteiger partial charge in [-0.25, -0.2) is 0 Å². The molecule has 0 bridgehead atoms. The lowest BCUT2D eigenvalue weighted by atomic mass is 9.69. The van der Waals surface area contributed by atoms with Crippen molar-refractivity contribution in [3.05, 3.63) is 34.9 Å². The van der Waals surface area contributed by atoms with Crippen molar-refractivity contribution in [2.45, 2.75) is 123 Å². The molecule has 0 aliphatic heterocycles. The fraction of sp³-hybridized carbons (Fsp3) is 0.760. The van der Waals surface area contributed by atoms with E-state index in [4.69, 9.17) is 11.5 Å². The number of rotatable bonds is 9. The Morgan fingerprint density at radius 3 is 1.56 bits per heavy atom. The van der Waals surface area contributed by atoms with Crippen molar-refractivity contribution >= 4 is 0 Å². The first-order chi connectivity index (χ1) is 12.0. The molecule has 2 nitrogen and oxygen atoms in total. The van der Waals surface area contributed by atoms with Crippen LogP contribution in [0.25, 0.3) is 0 Å². The van der Waals surface area contributed by atoms with Crippen molar-refractivity contribution in [1.29, 1.82) is 0 Å². The number of hydrogen-bond acceptors (Lipinski definition) is 2. The maximum absolute atomic E-state index is 6.40. The largest absolute Gasteiger partial charge is 0.328 e. The molecule has 0 amide bonds. The highest BCUT2D eigenvalue weighted by Gasteiger charge is 2.32. The molecule has 27 heavy (non-hydrogen) atoms. The molecule has 1 rings (SSSR count). The Hall–Kier alpha value is -0.860. The van der Waals surface area contributed by atoms with Gasteiger partial charge >= 0.3 is 0 Å². The van der Waals surface area contributed by atoms with E-state index in [0.29, 0.717) is 0 Å². The third-order valence-electron chi connectivity index (χ3n) is 5.88. The predicted octanol–water partition coefficient (Wildman–Crippen LogP) is 6.18. The van der Waals surface area contributed by atoms with E-state index in [9.17, 15) is 0 Å². The van der Waals surface area contributed by atoms with E-state index in [0.717, 1.165) is 12.8 Å². The van der Waals surface area contributed by atoms with Gasteiger partial charge in [0.05, 0.1) is 0 Å². The van der Waals surface area contributed by atoms with Gasteiger partial charge in [0, 0.05) is 11.6 Å². The highest BCUT2D eigenvalue weighted by molar-refractivity contribution is 5.41. The molecule has 0 saturated heterocycles. The first-order valence-corrected chi connectivity index (χ1v) is 10.7. The van der Waals surface area contributed by atoms with Crippen LogP contribution in [0, 0.1) is 0 Å². The van der Waals surface area contributed by atoms with Crippen LogP contribution < -0.4 is 11.5 Å². The normalized spacial score (nSPS) is 15.1. The smallest absolute Gasteiger partial charge is 0.0105 e. The Morgan fingerprint density at radius 1 is 0.778 bits per heavy atom. The minimum atomic E-state index is -0.195. The Labute approximate surface area is 169 Å². The van der Waals surface area contributed by atoms with Crippen molar-refractivity contribution in [1.82, 2.24) is 0 Å². The monoisotopic (exact) mass is 374 g/mol. The van der Waals surface area contributed by atoms with Crippen LogP contribution in [0.2, 0.25) is 0 Å². The summed E-state index contributed by atoms with van der Waals surface area (Å²) < 4.78 is 0. The third kappa shape index (κ3) is 6.91. The predicted molar refractivity (Wildman–Crippen MR) is 122 cm³/mol. The van der Waals surface area contributed by atoms with Crippen molar-refractivity contribution in [3.8, 4) is 0 Å². The van der Waals surface area contributed by atoms with Crippen molar-refractivity contribution in [2.75, 3.05) is 0 Å². The van der Waals surface area contributed by atoms with Crippen LogP contribution in [0.5, 0.6) is 0 Å². The van der Waals surface area contributed by atoms with Gasteiger partial charge in [-0.3, -0.25) is 0 Å². The van der Waals surface area contributed by atoms with Crippen LogP contribution in [0.4, 0.5) is 0 Å². The zero-order valence-corrected chi connectivity index (χ0v) is 19.8. The number of benzene rings is 1. The van der Waals surface area contributed by atoms with Gasteiger partial charge < -0.3 is 11.5 Å². The van der Waals surface area contributed by atoms with E-state index in [-0.39, 0.29) is 27.8 Å². The second-order valence-electron chi connectivity index (χ2n) is 11.5. The number of nitrogens with two attached hydrogens (primary N) is 2. The van der Waals surface area contributed by atoms with Gasteiger partial charge in [-0.15, -0.1) is 0 Å². The summed E-state index contributed by atoms with van der Waals surface area (Å²) in [6.45, 7) is 22.7. The zero-order valence-electron chi connectivity index (χ0n) is 19.8. The standard InChI is InChI=1S/C25H46N2/c1-11-12-22(3,4)19-13-20(23(5,6)16-18(2)26)15-21(14-19)24(7,8)17-25(9,10)27/h13-15,18H,11-12,16-17,26-27H2,1-10H3. The lowest BCUT2D eigenvalue weighted by Crippen LogP contribution is -2.39. The summed E-state index contributed by atoms with van der Waals surface area (Å²) in [6, 6.07) is 7.48. The molecule has 0 aromatic heterocycles. The fourth-order valence-electron chi connectivity index (χ4n) is 4.73. The minimum absolute atomic E-state index is 0.0235. The first kappa shape index (κ1) is 24.2. The molecule has 0 aliphatic carbocycles. The summed E-state index contributed by atoms with van der Waals surface area (Å²) >= 11 is 0. The van der Waals surface area contributed by atoms with E-state index >= 15 is 0 Å². The summed E-state index contributed by atoms with van der Waals surface area (Å²) in [5.74, 6) is 0. The first-order valence-electron chi connectivity index (χ1n) is 10.7. The van der Waals surface area contributed by atoms with E-state index in [2.05, 4.69) is 87.4 Å². The van der Waals surface area contributed by atoms with Gasteiger partial charge in [0.1, 0.15) is 0 Å². The minimum Gasteiger partial charge on any atom is -0.328 e. The topological polar surface area (TPSA) is 52.0 Å². The Morgan fingerprint density at radius 2 is 1.19 bits per heavy atom. The van der Waals surface area contributed by atoms with Crippen LogP contribution >= 0.6 is 0 Å². The second kappa shape index (κ2) is 8.25. The average Bonchev–Trinajstić information content (AvgIpc) is 2.42. The number of hydrogen-bond donors (Lipinski definition) is 2. The van der Waals surface area contributed by atoms with Gasteiger partial charge in [-0.2, -0.15) is 0 Å². The molecule has 0 heterocycles. The molecule has 0 radical (unpaired) electrons. The molecule has 1 unspecified atom stereocenters. The SMILES string of the molecule is CCCC(C)(C)c1cc(C(C)(C)CC(C)N)cc(C(C)(C)CC(C)(C)N)c1. The molecular weight excluding hydrogens is 328 g/mol. The quantitative estimate of drug-likeness (QED) is 0.542. The maximum atomic E-state index is 6.40. The van der Waals surface area contributed by atoms with Gasteiger partial charge in [-0.1, -0.05) is 73.1 Å². The van der Waals surface area contributed by atoms with E-state index in [1.54, 1.807) is 0 Å². The maximum Gasteiger partial charge on any atom is 0.0105 e. The molecule has 0 fully saturated rings. The van der Waals surface area contributed by atoms with Gasteiger partial charge in [-0.05, 0) is 73.0 Å². The summed E-state index contributed by atoms with van der Waals surface area (Å²) in [6.07, 6.45) is 4.30. The Balaban J connectivity index is 3.57. The third-order valence-corrected chi connectivity index (χ3v) is 5.88. The molecule has 1 aromatic rings. The molecule has 2 heteroatoms. The van der Waals surface area contributed by atoms with Crippen LogP contribution in [-0.2, 0) is 16.2 Å². The van der Waals surface area contributed by atoms with E-state index < -0.39 is 0 Å². The molecule has 1 aromatic carbocycles. The molecule has 1 atom stereocenters. The molecular formula is C25H46N2. The average molecular weight is 375 g/mol. The molecule has 0 saturated carbocycles. The van der Waals surface area contributed by atoms with Crippen molar-refractivity contribution < 1.29 is 0 Å². The van der Waals surface area contributed by atoms with Crippen LogP contribution in [0.3, 0.4) is 0 Å². The van der Waals surface area contributed by atoms with Gasteiger partial charge in [0.25, 0.3) is 0 Å². The molecule has 4 N–H and O–H groups in total. The highest BCUT2D eigenvalue weighted by atomic mass is 14.7. The summed E-state index contributed by atoms with van der Waals surface area (Å²) in [5.41, 5.74) is 16.9. The molecule has 0 aliphatic rings. The van der Waals surface area contributed by atoms with Gasteiger partial charge in [0.2, 0.25) is 0 Å². The van der Waals surface area contributed by atoms with E-state index in [1.165, 1.54) is 29.5 Å². The summed E-state index contributed by atoms with van der Waals surface area (Å²) in [5, 5.41) is 0. The molecule has 0 spiro atoms. The van der Waals surface area contributed by atoms with Crippen molar-refractivity contribution in [2.24, 2.45) is 11.5 Å². The fourth-order valence-corrected chi connectivity index (χ4v) is 4.73. The Kier molecular flexibility index (Phi) is 7.39. The lowest BCUT2D eigenvalue weighted by molar-refractivity contribution is 0.348. The van der Waals surface area contributed by atoms with Crippen LogP contribution in [0.1, 0.15) is 112 Å². The molecule has 156 valence electrons.